The Hall–Kier alpha value is -1.55. The lowest BCUT2D eigenvalue weighted by Gasteiger charge is -2.12. The van der Waals surface area contributed by atoms with Gasteiger partial charge in [-0.1, -0.05) is 6.92 Å². The van der Waals surface area contributed by atoms with Gasteiger partial charge in [0.05, 0.1) is 17.1 Å². The van der Waals surface area contributed by atoms with E-state index in [1.807, 2.05) is 39.8 Å². The van der Waals surface area contributed by atoms with Gasteiger partial charge in [0, 0.05) is 13.1 Å². The van der Waals surface area contributed by atoms with Gasteiger partial charge in [-0.2, -0.15) is 0 Å². The van der Waals surface area contributed by atoms with E-state index in [-0.39, 0.29) is 5.69 Å². The van der Waals surface area contributed by atoms with Crippen LogP contribution in [0.2, 0.25) is 0 Å². The molecule has 0 aliphatic heterocycles. The molecule has 2 aromatic rings. The van der Waals surface area contributed by atoms with E-state index in [0.29, 0.717) is 19.5 Å². The van der Waals surface area contributed by atoms with Crippen LogP contribution in [0.15, 0.2) is 16.9 Å². The monoisotopic (exact) mass is 262 g/mol. The largest absolute Gasteiger partial charge is 0.388 e. The van der Waals surface area contributed by atoms with Crippen molar-refractivity contribution in [2.45, 2.75) is 53.3 Å². The summed E-state index contributed by atoms with van der Waals surface area (Å²) in [5.74, 6) is 0. The Morgan fingerprint density at radius 1 is 1.11 bits per heavy atom. The molecule has 0 aliphatic rings. The van der Waals surface area contributed by atoms with E-state index in [1.165, 1.54) is 0 Å². The van der Waals surface area contributed by atoms with Crippen molar-refractivity contribution >= 4 is 11.0 Å². The topological polar surface area (TPSA) is 47.2 Å². The van der Waals surface area contributed by atoms with Crippen LogP contribution < -0.4 is 5.69 Å². The normalized spacial score (nSPS) is 13.1. The molecule has 1 N–H and O–H groups in total. The van der Waals surface area contributed by atoms with Gasteiger partial charge in [-0.3, -0.25) is 9.13 Å². The first-order chi connectivity index (χ1) is 9.04. The summed E-state index contributed by atoms with van der Waals surface area (Å²) in [6.45, 7) is 9.20. The van der Waals surface area contributed by atoms with Crippen LogP contribution in [-0.2, 0) is 13.1 Å². The summed E-state index contributed by atoms with van der Waals surface area (Å²) < 4.78 is 3.55. The molecule has 104 valence electrons. The first kappa shape index (κ1) is 13.9. The third-order valence-corrected chi connectivity index (χ3v) is 3.78. The van der Waals surface area contributed by atoms with Gasteiger partial charge in [0.2, 0.25) is 0 Å². The number of rotatable bonds is 4. The molecular weight excluding hydrogens is 240 g/mol. The third kappa shape index (κ3) is 2.10. The van der Waals surface area contributed by atoms with Gasteiger partial charge in [0.15, 0.2) is 0 Å². The van der Waals surface area contributed by atoms with Gasteiger partial charge in [-0.05, 0) is 50.5 Å². The number of aliphatic hydroxyl groups is 1. The van der Waals surface area contributed by atoms with Gasteiger partial charge in [-0.15, -0.1) is 0 Å². The van der Waals surface area contributed by atoms with Gasteiger partial charge < -0.3 is 5.11 Å². The molecule has 0 radical (unpaired) electrons. The number of aliphatic hydroxyl groups excluding tert-OH is 1. The van der Waals surface area contributed by atoms with Gasteiger partial charge in [-0.25, -0.2) is 4.79 Å². The third-order valence-electron chi connectivity index (χ3n) is 3.78. The average molecular weight is 262 g/mol. The first-order valence-electron chi connectivity index (χ1n) is 6.96. The quantitative estimate of drug-likeness (QED) is 0.920. The Bertz CT molecular complexity index is 652. The van der Waals surface area contributed by atoms with Crippen molar-refractivity contribution in [1.29, 1.82) is 0 Å². The van der Waals surface area contributed by atoms with Crippen molar-refractivity contribution in [2.24, 2.45) is 0 Å². The van der Waals surface area contributed by atoms with Gasteiger partial charge in [0.1, 0.15) is 0 Å². The second-order valence-corrected chi connectivity index (χ2v) is 4.89. The minimum absolute atomic E-state index is 0.0301. The molecule has 19 heavy (non-hydrogen) atoms. The summed E-state index contributed by atoms with van der Waals surface area (Å²) in [4.78, 5) is 12.3. The van der Waals surface area contributed by atoms with Crippen molar-refractivity contribution in [3.63, 3.8) is 0 Å². The van der Waals surface area contributed by atoms with Crippen LogP contribution in [0.5, 0.6) is 0 Å². The molecule has 1 heterocycles. The fourth-order valence-corrected chi connectivity index (χ4v) is 2.67. The Morgan fingerprint density at radius 2 is 1.63 bits per heavy atom. The minimum Gasteiger partial charge on any atom is -0.388 e. The molecule has 0 spiro atoms. The van der Waals surface area contributed by atoms with Crippen molar-refractivity contribution in [1.82, 2.24) is 9.13 Å². The highest BCUT2D eigenvalue weighted by Gasteiger charge is 2.16. The minimum atomic E-state index is -0.463. The summed E-state index contributed by atoms with van der Waals surface area (Å²) >= 11 is 0. The van der Waals surface area contributed by atoms with Crippen molar-refractivity contribution in [3.05, 3.63) is 33.7 Å². The summed E-state index contributed by atoms with van der Waals surface area (Å²) in [5, 5.41) is 10.1. The number of hydrogen-bond donors (Lipinski definition) is 1. The summed E-state index contributed by atoms with van der Waals surface area (Å²) in [5.41, 5.74) is 3.87. The van der Waals surface area contributed by atoms with Crippen LogP contribution in [0, 0.1) is 6.92 Å². The molecule has 4 nitrogen and oxygen atoms in total. The molecule has 0 amide bonds. The van der Waals surface area contributed by atoms with E-state index >= 15 is 0 Å². The molecule has 1 aromatic heterocycles. The Morgan fingerprint density at radius 3 is 2.11 bits per heavy atom. The van der Waals surface area contributed by atoms with Crippen molar-refractivity contribution in [3.8, 4) is 0 Å². The Kier molecular flexibility index (Phi) is 3.80. The average Bonchev–Trinajstić information content (AvgIpc) is 2.67. The smallest absolute Gasteiger partial charge is 0.329 e. The maximum Gasteiger partial charge on any atom is 0.329 e. The van der Waals surface area contributed by atoms with E-state index in [9.17, 15) is 9.90 Å². The summed E-state index contributed by atoms with van der Waals surface area (Å²) in [7, 11) is 0. The van der Waals surface area contributed by atoms with Crippen molar-refractivity contribution in [2.75, 3.05) is 0 Å². The molecule has 2 rings (SSSR count). The number of aromatic nitrogens is 2. The SMILES string of the molecule is CCC(O)c1cc2c(cc1C)n(CC)c(=O)n2CC. The van der Waals surface area contributed by atoms with Crippen LogP contribution in [0.25, 0.3) is 11.0 Å². The van der Waals surface area contributed by atoms with Crippen LogP contribution in [-0.4, -0.2) is 14.2 Å². The lowest BCUT2D eigenvalue weighted by molar-refractivity contribution is 0.173. The fraction of sp³-hybridized carbons (Fsp3) is 0.533. The zero-order valence-corrected chi connectivity index (χ0v) is 12.1. The molecular formula is C15H22N2O2. The molecule has 0 fully saturated rings. The summed E-state index contributed by atoms with van der Waals surface area (Å²) in [6, 6.07) is 3.98. The Labute approximate surface area is 113 Å². The second-order valence-electron chi connectivity index (χ2n) is 4.89. The van der Waals surface area contributed by atoms with E-state index in [1.54, 1.807) is 9.13 Å². The van der Waals surface area contributed by atoms with Crippen LogP contribution >= 0.6 is 0 Å². The van der Waals surface area contributed by atoms with Crippen LogP contribution in [0.1, 0.15) is 44.4 Å². The van der Waals surface area contributed by atoms with Gasteiger partial charge in [0.25, 0.3) is 0 Å². The number of hydrogen-bond acceptors (Lipinski definition) is 2. The number of aryl methyl sites for hydroxylation is 3. The lowest BCUT2D eigenvalue weighted by Crippen LogP contribution is -2.23. The first-order valence-corrected chi connectivity index (χ1v) is 6.96. The lowest BCUT2D eigenvalue weighted by atomic mass is 10.0. The molecule has 0 aliphatic carbocycles. The van der Waals surface area contributed by atoms with Gasteiger partial charge >= 0.3 is 5.69 Å². The molecule has 1 unspecified atom stereocenters. The van der Waals surface area contributed by atoms with E-state index in [2.05, 4.69) is 0 Å². The highest BCUT2D eigenvalue weighted by atomic mass is 16.3. The van der Waals surface area contributed by atoms with Crippen LogP contribution in [0.4, 0.5) is 0 Å². The zero-order chi connectivity index (χ0) is 14.2. The predicted molar refractivity (Wildman–Crippen MR) is 77.5 cm³/mol. The standard InChI is InChI=1S/C15H22N2O2/c1-5-14(18)11-9-13-12(8-10(11)4)16(6-2)15(19)17(13)7-3/h8-9,14,18H,5-7H2,1-4H3. The zero-order valence-electron chi connectivity index (χ0n) is 12.1. The molecule has 0 saturated carbocycles. The highest BCUT2D eigenvalue weighted by molar-refractivity contribution is 5.78. The fourth-order valence-electron chi connectivity index (χ4n) is 2.67. The van der Waals surface area contributed by atoms with E-state index in [0.717, 1.165) is 22.2 Å². The molecule has 0 bridgehead atoms. The number of benzene rings is 1. The Balaban J connectivity index is 2.82. The molecule has 0 saturated heterocycles. The number of imidazole rings is 1. The molecule has 1 aromatic carbocycles. The van der Waals surface area contributed by atoms with E-state index in [4.69, 9.17) is 0 Å². The number of fused-ring (bicyclic) bond motifs is 1. The van der Waals surface area contributed by atoms with Crippen molar-refractivity contribution < 1.29 is 5.11 Å². The molecule has 1 atom stereocenters. The predicted octanol–water partition coefficient (Wildman–Crippen LogP) is 2.59. The number of nitrogens with zero attached hydrogens (tertiary/aromatic N) is 2. The summed E-state index contributed by atoms with van der Waals surface area (Å²) in [6.07, 6.45) is 0.215. The molecule has 4 heteroatoms. The van der Waals surface area contributed by atoms with Crippen LogP contribution in [0.3, 0.4) is 0 Å². The highest BCUT2D eigenvalue weighted by Crippen LogP contribution is 2.26. The maximum atomic E-state index is 12.3. The van der Waals surface area contributed by atoms with E-state index < -0.39 is 6.10 Å². The maximum absolute atomic E-state index is 12.3. The second kappa shape index (κ2) is 5.21.